The normalized spacial score (nSPS) is 19.5. The Balaban J connectivity index is 1.23. The molecule has 0 spiro atoms. The quantitative estimate of drug-likeness (QED) is 0.621. The highest BCUT2D eigenvalue weighted by Crippen LogP contribution is 2.31. The Kier molecular flexibility index (Phi) is 7.62. The van der Waals surface area contributed by atoms with Crippen LogP contribution in [0.1, 0.15) is 41.3 Å². The summed E-state index contributed by atoms with van der Waals surface area (Å²) in [5, 5.41) is 14.2. The number of carbonyl (C=O) groups is 2. The fraction of sp³-hybridized carbons (Fsp3) is 0.500. The number of likely N-dealkylation sites (tertiary alicyclic amines) is 1. The van der Waals surface area contributed by atoms with Crippen LogP contribution in [-0.2, 0) is 17.8 Å². The van der Waals surface area contributed by atoms with Gasteiger partial charge in [-0.2, -0.15) is 0 Å². The van der Waals surface area contributed by atoms with E-state index in [1.807, 2.05) is 6.07 Å². The van der Waals surface area contributed by atoms with Crippen LogP contribution >= 0.6 is 0 Å². The first-order chi connectivity index (χ1) is 17.9. The number of nitrogens with one attached hydrogen (secondary N) is 1. The molecule has 0 bridgehead atoms. The van der Waals surface area contributed by atoms with Crippen LogP contribution in [0.2, 0.25) is 0 Å². The highest BCUT2D eigenvalue weighted by molar-refractivity contribution is 5.98. The fourth-order valence-corrected chi connectivity index (χ4v) is 5.58. The number of nitrogens with zero attached hydrogens (tertiary/aromatic N) is 3. The number of piperidine rings is 1. The van der Waals surface area contributed by atoms with E-state index in [-0.39, 0.29) is 48.9 Å². The van der Waals surface area contributed by atoms with Gasteiger partial charge in [-0.1, -0.05) is 24.3 Å². The molecule has 37 heavy (non-hydrogen) atoms. The number of halogens is 1. The molecule has 0 radical (unpaired) electrons. The Labute approximate surface area is 217 Å². The Morgan fingerprint density at radius 1 is 1.14 bits per heavy atom. The summed E-state index contributed by atoms with van der Waals surface area (Å²) in [5.74, 6) is -0.899. The first kappa shape index (κ1) is 25.5. The number of hydrogen-bond acceptors (Lipinski definition) is 6. The Bertz CT molecular complexity index is 1150. The molecular weight excluding hydrogens is 475 g/mol. The van der Waals surface area contributed by atoms with Crippen LogP contribution in [0, 0.1) is 5.82 Å². The smallest absolute Gasteiger partial charge is 0.258 e. The van der Waals surface area contributed by atoms with Crippen LogP contribution in [0.15, 0.2) is 36.4 Å². The van der Waals surface area contributed by atoms with E-state index < -0.39 is 11.9 Å². The van der Waals surface area contributed by atoms with Crippen molar-refractivity contribution >= 4 is 17.5 Å². The molecule has 0 saturated carbocycles. The van der Waals surface area contributed by atoms with E-state index in [1.165, 1.54) is 17.2 Å². The van der Waals surface area contributed by atoms with Crippen LogP contribution in [0.4, 0.5) is 10.1 Å². The van der Waals surface area contributed by atoms with Gasteiger partial charge in [0.15, 0.2) is 11.6 Å². The number of carbonyl (C=O) groups excluding carboxylic acids is 2. The largest absolute Gasteiger partial charge is 0.488 e. The maximum absolute atomic E-state index is 15.0. The average molecular weight is 511 g/mol. The molecule has 9 heteroatoms. The minimum absolute atomic E-state index is 0.0356. The van der Waals surface area contributed by atoms with Crippen molar-refractivity contribution in [3.05, 3.63) is 58.9 Å². The zero-order valence-corrected chi connectivity index (χ0v) is 21.3. The Morgan fingerprint density at radius 3 is 2.65 bits per heavy atom. The number of fused-ring (bicyclic) bond motifs is 2. The van der Waals surface area contributed by atoms with Gasteiger partial charge >= 0.3 is 0 Å². The maximum atomic E-state index is 15.0. The topological polar surface area (TPSA) is 85.4 Å². The molecule has 198 valence electrons. The van der Waals surface area contributed by atoms with Gasteiger partial charge in [-0.05, 0) is 36.5 Å². The second-order valence-corrected chi connectivity index (χ2v) is 10.3. The fourth-order valence-electron chi connectivity index (χ4n) is 5.58. The van der Waals surface area contributed by atoms with Gasteiger partial charge in [0.2, 0.25) is 5.91 Å². The van der Waals surface area contributed by atoms with Crippen molar-refractivity contribution in [1.29, 1.82) is 0 Å². The second kappa shape index (κ2) is 11.1. The summed E-state index contributed by atoms with van der Waals surface area (Å²) < 4.78 is 20.6. The highest BCUT2D eigenvalue weighted by Gasteiger charge is 2.30. The van der Waals surface area contributed by atoms with Crippen molar-refractivity contribution in [2.24, 2.45) is 0 Å². The van der Waals surface area contributed by atoms with Crippen molar-refractivity contribution < 1.29 is 23.8 Å². The molecule has 3 aliphatic rings. The van der Waals surface area contributed by atoms with Crippen LogP contribution < -0.4 is 10.1 Å². The predicted octanol–water partition coefficient (Wildman–Crippen LogP) is 2.50. The zero-order valence-electron chi connectivity index (χ0n) is 21.3. The molecule has 2 aromatic rings. The highest BCUT2D eigenvalue weighted by atomic mass is 19.1. The lowest BCUT2D eigenvalue weighted by atomic mass is 10.00. The number of anilines is 1. The summed E-state index contributed by atoms with van der Waals surface area (Å²) in [6.07, 6.45) is 1.72. The summed E-state index contributed by atoms with van der Waals surface area (Å²) in [5.41, 5.74) is 3.31. The van der Waals surface area contributed by atoms with Crippen molar-refractivity contribution in [1.82, 2.24) is 14.7 Å². The summed E-state index contributed by atoms with van der Waals surface area (Å²) in [6.45, 7) is 5.55. The first-order valence-electron chi connectivity index (χ1n) is 13.1. The molecule has 0 aromatic heterocycles. The summed E-state index contributed by atoms with van der Waals surface area (Å²) in [6, 6.07) is 11.4. The third-order valence-electron chi connectivity index (χ3n) is 7.59. The number of aliphatic hydroxyl groups excluding tert-OH is 1. The summed E-state index contributed by atoms with van der Waals surface area (Å²) in [7, 11) is 0. The van der Waals surface area contributed by atoms with Gasteiger partial charge < -0.3 is 25.0 Å². The van der Waals surface area contributed by atoms with E-state index in [1.54, 1.807) is 22.8 Å². The number of hydrogen-bond donors (Lipinski definition) is 2. The van der Waals surface area contributed by atoms with E-state index in [9.17, 15) is 19.1 Å². The van der Waals surface area contributed by atoms with Gasteiger partial charge in [-0.15, -0.1) is 0 Å². The Morgan fingerprint density at radius 2 is 1.89 bits per heavy atom. The van der Waals surface area contributed by atoms with Crippen molar-refractivity contribution in [2.45, 2.75) is 44.9 Å². The number of β-amino-alcohol motifs (C(OH)–C–C–N with tert-alkyl or cyclic N) is 1. The molecule has 2 aromatic carbocycles. The molecule has 1 atom stereocenters. The molecule has 0 aliphatic carbocycles. The molecule has 2 amide bonds. The van der Waals surface area contributed by atoms with Crippen LogP contribution in [0.5, 0.6) is 5.75 Å². The Hall–Kier alpha value is -3.17. The second-order valence-electron chi connectivity index (χ2n) is 10.3. The molecule has 3 aliphatic heterocycles. The SMILES string of the molecule is CC(=O)N1CCC(Nc2cc(F)c3c(c2)C(=O)N(C[C@@H](O)CN2CCc4ccccc4C2)CCO3)CC1. The van der Waals surface area contributed by atoms with Gasteiger partial charge in [0.25, 0.3) is 5.91 Å². The third-order valence-corrected chi connectivity index (χ3v) is 7.59. The predicted molar refractivity (Wildman–Crippen MR) is 138 cm³/mol. The summed E-state index contributed by atoms with van der Waals surface area (Å²) in [4.78, 5) is 30.6. The average Bonchev–Trinajstić information content (AvgIpc) is 3.03. The molecule has 0 unspecified atom stereocenters. The van der Waals surface area contributed by atoms with E-state index >= 15 is 0 Å². The lowest BCUT2D eigenvalue weighted by Gasteiger charge is -2.32. The zero-order chi connectivity index (χ0) is 25.9. The standard InChI is InChI=1S/C28H35FN4O4/c1-19(34)32-10-7-22(8-11-32)30-23-14-25-27(26(29)15-23)37-13-12-33(28(25)36)18-24(35)17-31-9-6-20-4-2-3-5-21(20)16-31/h2-5,14-15,22,24,30,35H,6-13,16-18H2,1H3/t24-/m0/s1. The molecule has 8 nitrogen and oxygen atoms in total. The van der Waals surface area contributed by atoms with Gasteiger partial charge in [0.1, 0.15) is 6.61 Å². The minimum Gasteiger partial charge on any atom is -0.488 e. The van der Waals surface area contributed by atoms with Crippen molar-refractivity contribution in [3.8, 4) is 5.75 Å². The van der Waals surface area contributed by atoms with Gasteiger partial charge in [-0.25, -0.2) is 4.39 Å². The van der Waals surface area contributed by atoms with Crippen molar-refractivity contribution in [3.63, 3.8) is 0 Å². The molecule has 5 rings (SSSR count). The van der Waals surface area contributed by atoms with Crippen LogP contribution in [-0.4, -0.2) is 89.6 Å². The lowest BCUT2D eigenvalue weighted by molar-refractivity contribution is -0.129. The number of ether oxygens (including phenoxy) is 1. The van der Waals surface area contributed by atoms with Crippen molar-refractivity contribution in [2.75, 3.05) is 51.2 Å². The number of rotatable bonds is 6. The first-order valence-corrected chi connectivity index (χ1v) is 13.1. The van der Waals surface area contributed by atoms with E-state index in [2.05, 4.69) is 28.4 Å². The lowest BCUT2D eigenvalue weighted by Crippen LogP contribution is -2.44. The van der Waals surface area contributed by atoms with Gasteiger partial charge in [0.05, 0.1) is 18.2 Å². The maximum Gasteiger partial charge on any atom is 0.258 e. The van der Waals surface area contributed by atoms with Gasteiger partial charge in [-0.3, -0.25) is 14.5 Å². The van der Waals surface area contributed by atoms with Gasteiger partial charge in [0, 0.05) is 64.0 Å². The van der Waals surface area contributed by atoms with E-state index in [0.717, 1.165) is 32.4 Å². The van der Waals surface area contributed by atoms with E-state index in [0.29, 0.717) is 25.3 Å². The molecular formula is C28H35FN4O4. The van der Waals surface area contributed by atoms with Crippen LogP contribution in [0.3, 0.4) is 0 Å². The molecule has 2 N–H and O–H groups in total. The van der Waals surface area contributed by atoms with E-state index in [4.69, 9.17) is 4.74 Å². The third kappa shape index (κ3) is 5.88. The minimum atomic E-state index is -0.728. The molecule has 1 saturated heterocycles. The number of benzene rings is 2. The number of amides is 2. The molecule has 3 heterocycles. The summed E-state index contributed by atoms with van der Waals surface area (Å²) >= 11 is 0. The number of aliphatic hydroxyl groups is 1. The van der Waals surface area contributed by atoms with Crippen LogP contribution in [0.25, 0.3) is 0 Å². The monoisotopic (exact) mass is 510 g/mol. The molecule has 1 fully saturated rings.